The zero-order valence-electron chi connectivity index (χ0n) is 16.4. The smallest absolute Gasteiger partial charge is 0.321 e. The van der Waals surface area contributed by atoms with Gasteiger partial charge in [0.1, 0.15) is 0 Å². The van der Waals surface area contributed by atoms with Crippen molar-refractivity contribution in [2.24, 2.45) is 8.94 Å². The molecule has 158 valence electrons. The maximum Gasteiger partial charge on any atom is 0.321 e. The molecule has 30 heavy (non-hydrogen) atoms. The number of carbonyl (C=O) groups is 2. The van der Waals surface area contributed by atoms with Crippen molar-refractivity contribution in [1.82, 2.24) is 25.9 Å². The van der Waals surface area contributed by atoms with E-state index in [0.717, 1.165) is 29.7 Å². The largest absolute Gasteiger partial charge is 0.369 e. The highest BCUT2D eigenvalue weighted by Crippen LogP contribution is 2.22. The first-order chi connectivity index (χ1) is 14.4. The van der Waals surface area contributed by atoms with E-state index in [1.165, 1.54) is 6.92 Å². The van der Waals surface area contributed by atoms with Gasteiger partial charge in [0.05, 0.1) is 22.9 Å². The van der Waals surface area contributed by atoms with E-state index >= 15 is 0 Å². The van der Waals surface area contributed by atoms with Gasteiger partial charge in [0.15, 0.2) is 0 Å². The number of halogens is 1. The van der Waals surface area contributed by atoms with Crippen LogP contribution in [0.15, 0.2) is 39.9 Å². The van der Waals surface area contributed by atoms with Gasteiger partial charge >= 0.3 is 6.03 Å². The molecular weight excluding hydrogens is 499 g/mol. The van der Waals surface area contributed by atoms with Crippen LogP contribution in [-0.2, 0) is 11.3 Å². The van der Waals surface area contributed by atoms with Crippen molar-refractivity contribution in [3.63, 3.8) is 0 Å². The molecule has 0 aliphatic carbocycles. The molecule has 5 N–H and O–H groups in total. The minimum atomic E-state index is -0.422. The summed E-state index contributed by atoms with van der Waals surface area (Å²) >= 11 is 1.71. The summed E-state index contributed by atoms with van der Waals surface area (Å²) in [6.07, 6.45) is 4.44. The van der Waals surface area contributed by atoms with E-state index in [2.05, 4.69) is 34.0 Å². The van der Waals surface area contributed by atoms with Crippen molar-refractivity contribution in [2.45, 2.75) is 25.9 Å². The van der Waals surface area contributed by atoms with Crippen molar-refractivity contribution < 1.29 is 9.59 Å². The number of carbonyl (C=O) groups excluding carboxylic acids is 2. The van der Waals surface area contributed by atoms with Gasteiger partial charge in [-0.25, -0.2) is 14.8 Å². The van der Waals surface area contributed by atoms with Crippen molar-refractivity contribution in [3.8, 4) is 11.1 Å². The molecule has 1 aromatic heterocycles. The van der Waals surface area contributed by atoms with E-state index in [0.29, 0.717) is 19.0 Å². The summed E-state index contributed by atoms with van der Waals surface area (Å²) in [4.78, 5) is 34.0. The Morgan fingerprint density at radius 2 is 2.07 bits per heavy atom. The van der Waals surface area contributed by atoms with Crippen LogP contribution < -0.4 is 26.6 Å². The predicted octanol–water partition coefficient (Wildman–Crippen LogP) is 1.32. The molecule has 1 aliphatic rings. The molecule has 1 aliphatic heterocycles. The van der Waals surface area contributed by atoms with Crippen LogP contribution in [0.4, 0.5) is 10.7 Å². The summed E-state index contributed by atoms with van der Waals surface area (Å²) in [7, 11) is 0. The summed E-state index contributed by atoms with van der Waals surface area (Å²) < 4.78 is 3.65. The molecule has 2 aromatic rings. The molecular formula is C19H23IN8O2. The number of nitrogens with one attached hydrogen (secondary N) is 3. The molecule has 3 rings (SSSR count). The van der Waals surface area contributed by atoms with Crippen LogP contribution in [0.2, 0.25) is 0 Å². The fourth-order valence-corrected chi connectivity index (χ4v) is 3.33. The van der Waals surface area contributed by atoms with E-state index < -0.39 is 6.03 Å². The zero-order valence-corrected chi connectivity index (χ0v) is 18.6. The number of nitrogens with zero attached hydrogens (tertiary/aromatic N) is 4. The molecule has 1 fully saturated rings. The molecule has 2 heterocycles. The van der Waals surface area contributed by atoms with Crippen LogP contribution in [0.1, 0.15) is 18.9 Å². The molecule has 1 saturated heterocycles. The maximum absolute atomic E-state index is 11.8. The van der Waals surface area contributed by atoms with Crippen LogP contribution in [-0.4, -0.2) is 47.0 Å². The van der Waals surface area contributed by atoms with Crippen molar-refractivity contribution in [2.75, 3.05) is 18.0 Å². The highest BCUT2D eigenvalue weighted by atomic mass is 127. The third kappa shape index (κ3) is 6.02. The van der Waals surface area contributed by atoms with Crippen LogP contribution in [0, 0.1) is 0 Å². The number of guanidine groups is 1. The van der Waals surface area contributed by atoms with E-state index in [1.54, 1.807) is 35.3 Å². The number of hydrogen-bond acceptors (Lipinski definition) is 6. The second kappa shape index (κ2) is 10.2. The topological polar surface area (TPSA) is 138 Å². The van der Waals surface area contributed by atoms with Crippen molar-refractivity contribution in [3.05, 3.63) is 42.2 Å². The lowest BCUT2D eigenvalue weighted by Crippen LogP contribution is -2.42. The summed E-state index contributed by atoms with van der Waals surface area (Å²) in [5.74, 6) is 0.669. The van der Waals surface area contributed by atoms with Gasteiger partial charge in [-0.05, 0) is 23.6 Å². The first-order valence-electron chi connectivity index (χ1n) is 9.37. The number of rotatable bonds is 5. The molecule has 1 aromatic carbocycles. The average molecular weight is 522 g/mol. The molecule has 0 spiro atoms. The van der Waals surface area contributed by atoms with Gasteiger partial charge in [-0.1, -0.05) is 18.2 Å². The van der Waals surface area contributed by atoms with E-state index in [-0.39, 0.29) is 17.9 Å². The van der Waals surface area contributed by atoms with E-state index in [1.807, 2.05) is 24.3 Å². The molecule has 0 radical (unpaired) electrons. The lowest BCUT2D eigenvalue weighted by atomic mass is 10.1. The highest BCUT2D eigenvalue weighted by Gasteiger charge is 2.24. The molecule has 1 unspecified atom stereocenters. The monoisotopic (exact) mass is 522 g/mol. The molecule has 0 bridgehead atoms. The number of urea groups is 1. The summed E-state index contributed by atoms with van der Waals surface area (Å²) in [5.41, 5.74) is 8.22. The molecule has 3 amide bonds. The van der Waals surface area contributed by atoms with Crippen LogP contribution in [0.3, 0.4) is 0 Å². The number of hydrogen-bond donors (Lipinski definition) is 4. The average Bonchev–Trinajstić information content (AvgIpc) is 3.20. The van der Waals surface area contributed by atoms with Gasteiger partial charge in [-0.2, -0.15) is 3.21 Å². The van der Waals surface area contributed by atoms with Crippen molar-refractivity contribution >= 4 is 46.7 Å². The highest BCUT2D eigenvalue weighted by molar-refractivity contribution is 14.1. The Morgan fingerprint density at radius 3 is 2.77 bits per heavy atom. The number of anilines is 1. The standard InChI is InChI=1S/C19H23IN8O2/c1-12(29)25-16-5-6-28(11-16)18-22-9-15(10-23-18)14-4-2-3-13(7-14)8-24-19(30)26-17(21)27-20/h2-4,7,9-10,16H,5-6,8,11H2,1H3,(H,25,29)(H4,21,24,26,27,30). The zero-order chi connectivity index (χ0) is 21.5. The van der Waals surface area contributed by atoms with Gasteiger partial charge in [0, 0.05) is 50.6 Å². The Morgan fingerprint density at radius 1 is 1.30 bits per heavy atom. The van der Waals surface area contributed by atoms with Gasteiger partial charge in [0.2, 0.25) is 17.8 Å². The fourth-order valence-electron chi connectivity index (χ4n) is 3.21. The van der Waals surface area contributed by atoms with E-state index in [9.17, 15) is 9.59 Å². The normalized spacial score (nSPS) is 16.3. The van der Waals surface area contributed by atoms with Crippen LogP contribution >= 0.6 is 22.9 Å². The fraction of sp³-hybridized carbons (Fsp3) is 0.316. The minimum Gasteiger partial charge on any atom is -0.369 e. The minimum absolute atomic E-state index is 0.0217. The van der Waals surface area contributed by atoms with Gasteiger partial charge < -0.3 is 21.3 Å². The quantitative estimate of drug-likeness (QED) is 0.266. The molecule has 1 atom stereocenters. The Hall–Kier alpha value is -2.96. The Kier molecular flexibility index (Phi) is 7.38. The predicted molar refractivity (Wildman–Crippen MR) is 123 cm³/mol. The number of aromatic nitrogens is 2. The second-order valence-corrected chi connectivity index (χ2v) is 7.36. The Bertz CT molecular complexity index is 934. The maximum atomic E-state index is 11.8. The van der Waals surface area contributed by atoms with Crippen LogP contribution in [0.5, 0.6) is 0 Å². The number of amides is 3. The van der Waals surface area contributed by atoms with Crippen molar-refractivity contribution in [1.29, 1.82) is 0 Å². The number of nitrogens with two attached hydrogens (primary N) is 1. The summed E-state index contributed by atoms with van der Waals surface area (Å²) in [6, 6.07) is 7.47. The van der Waals surface area contributed by atoms with E-state index in [4.69, 9.17) is 5.73 Å². The summed E-state index contributed by atoms with van der Waals surface area (Å²) in [6.45, 7) is 3.37. The lowest BCUT2D eigenvalue weighted by Gasteiger charge is -2.16. The number of benzene rings is 1. The first-order valence-corrected chi connectivity index (χ1v) is 10.3. The first kappa shape index (κ1) is 21.7. The van der Waals surface area contributed by atoms with Crippen LogP contribution in [0.25, 0.3) is 11.1 Å². The van der Waals surface area contributed by atoms with Gasteiger partial charge in [-0.3, -0.25) is 10.1 Å². The lowest BCUT2D eigenvalue weighted by molar-refractivity contribution is -0.119. The Balaban J connectivity index is 1.61. The molecule has 11 heteroatoms. The SMILES string of the molecule is CC(=O)NC1CCN(c2ncc(-c3cccc(CNC(=O)NC(N)=NI)c3)cn2)C1. The third-order valence-electron chi connectivity index (χ3n) is 4.56. The van der Waals surface area contributed by atoms with Gasteiger partial charge in [-0.15, -0.1) is 0 Å². The summed E-state index contributed by atoms with van der Waals surface area (Å²) in [5, 5.41) is 8.07. The third-order valence-corrected chi connectivity index (χ3v) is 5.08. The van der Waals surface area contributed by atoms with Gasteiger partial charge in [0.25, 0.3) is 0 Å². The molecule has 0 saturated carbocycles. The second-order valence-electron chi connectivity index (χ2n) is 6.88. The molecule has 10 nitrogen and oxygen atoms in total. The Labute approximate surface area is 188 Å².